The number of benzene rings is 2. The van der Waals surface area contributed by atoms with Crippen LogP contribution in [0.15, 0.2) is 59.5 Å². The van der Waals surface area contributed by atoms with Gasteiger partial charge in [0.25, 0.3) is 0 Å². The van der Waals surface area contributed by atoms with Crippen LogP contribution in [0.2, 0.25) is 0 Å². The summed E-state index contributed by atoms with van der Waals surface area (Å²) >= 11 is 7.17. The number of hydrogen-bond donors (Lipinski definition) is 1. The normalized spacial score (nSPS) is 11.1. The first kappa shape index (κ1) is 18.8. The molecule has 2 aromatic carbocycles. The first-order valence-electron chi connectivity index (χ1n) is 9.10. The highest BCUT2D eigenvalue weighted by Crippen LogP contribution is 2.34. The van der Waals surface area contributed by atoms with Crippen LogP contribution in [0.4, 0.5) is 0 Å². The Morgan fingerprint density at radius 1 is 1.07 bits per heavy atom. The number of aromatic nitrogens is 3. The van der Waals surface area contributed by atoms with Gasteiger partial charge in [0.15, 0.2) is 0 Å². The van der Waals surface area contributed by atoms with E-state index in [1.54, 1.807) is 7.11 Å². The van der Waals surface area contributed by atoms with E-state index in [0.717, 1.165) is 45.5 Å². The number of nitrogens with zero attached hydrogens (tertiary/aromatic N) is 2. The van der Waals surface area contributed by atoms with Crippen molar-refractivity contribution < 1.29 is 4.74 Å². The summed E-state index contributed by atoms with van der Waals surface area (Å²) in [5.74, 6) is 2.64. The predicted octanol–water partition coefficient (Wildman–Crippen LogP) is 6.15. The third-order valence-electron chi connectivity index (χ3n) is 4.63. The summed E-state index contributed by atoms with van der Waals surface area (Å²) in [6, 6.07) is 18.7. The smallest absolute Gasteiger partial charge is 0.213 e. The average molecular weight is 408 g/mol. The molecule has 142 valence electrons. The highest BCUT2D eigenvalue weighted by atomic mass is 32.2. The highest BCUT2D eigenvalue weighted by Gasteiger charge is 2.17. The summed E-state index contributed by atoms with van der Waals surface area (Å²) in [5, 5.41) is 0. The molecule has 2 aromatic heterocycles. The monoisotopic (exact) mass is 407 g/mol. The number of hydrogen-bond acceptors (Lipinski definition) is 4. The van der Waals surface area contributed by atoms with Gasteiger partial charge in [-0.1, -0.05) is 31.3 Å². The lowest BCUT2D eigenvalue weighted by Gasteiger charge is -2.09. The molecule has 0 amide bonds. The van der Waals surface area contributed by atoms with E-state index in [2.05, 4.69) is 64.6 Å². The number of nitrogens with one attached hydrogen (secondary N) is 1. The van der Waals surface area contributed by atoms with Crippen molar-refractivity contribution in [2.75, 3.05) is 12.9 Å². The summed E-state index contributed by atoms with van der Waals surface area (Å²) in [4.78, 5) is 9.29. The SMILES string of the molecule is CCSc1ccc(-c2c(-c3ccc(OC)cc3)[nH]c3nc(=S)cc(C)n23)cc1. The van der Waals surface area contributed by atoms with Crippen molar-refractivity contribution in [3.63, 3.8) is 0 Å². The van der Waals surface area contributed by atoms with E-state index in [0.29, 0.717) is 4.64 Å². The maximum atomic E-state index is 5.33. The van der Waals surface area contributed by atoms with Gasteiger partial charge in [0.1, 0.15) is 10.4 Å². The Balaban J connectivity index is 1.96. The Morgan fingerprint density at radius 2 is 1.75 bits per heavy atom. The molecule has 0 saturated carbocycles. The fourth-order valence-electron chi connectivity index (χ4n) is 3.36. The number of H-pyrrole nitrogens is 1. The molecule has 0 unspecified atom stereocenters. The van der Waals surface area contributed by atoms with Gasteiger partial charge in [-0.3, -0.25) is 4.40 Å². The van der Waals surface area contributed by atoms with E-state index in [1.807, 2.05) is 30.0 Å². The first-order valence-corrected chi connectivity index (χ1v) is 10.5. The Morgan fingerprint density at radius 3 is 2.39 bits per heavy atom. The topological polar surface area (TPSA) is 42.3 Å². The van der Waals surface area contributed by atoms with Crippen LogP contribution in [0.3, 0.4) is 0 Å². The van der Waals surface area contributed by atoms with Crippen molar-refractivity contribution >= 4 is 29.8 Å². The van der Waals surface area contributed by atoms with Crippen molar-refractivity contribution in [3.8, 4) is 28.3 Å². The molecule has 0 aliphatic heterocycles. The molecule has 0 aliphatic carbocycles. The third kappa shape index (κ3) is 3.45. The number of rotatable bonds is 5. The second-order valence-corrected chi connectivity index (χ2v) is 8.18. The van der Waals surface area contributed by atoms with Crippen LogP contribution >= 0.6 is 24.0 Å². The molecule has 6 heteroatoms. The molecule has 0 spiro atoms. The molecule has 0 saturated heterocycles. The minimum atomic E-state index is 0.585. The molecule has 28 heavy (non-hydrogen) atoms. The maximum Gasteiger partial charge on any atom is 0.213 e. The molecule has 0 fully saturated rings. The molecule has 4 rings (SSSR count). The van der Waals surface area contributed by atoms with E-state index in [1.165, 1.54) is 4.90 Å². The largest absolute Gasteiger partial charge is 0.497 e. The van der Waals surface area contributed by atoms with E-state index in [-0.39, 0.29) is 0 Å². The lowest BCUT2D eigenvalue weighted by Crippen LogP contribution is -1.97. The van der Waals surface area contributed by atoms with Gasteiger partial charge in [-0.25, -0.2) is 4.98 Å². The summed E-state index contributed by atoms with van der Waals surface area (Å²) in [7, 11) is 1.67. The van der Waals surface area contributed by atoms with Gasteiger partial charge >= 0.3 is 0 Å². The molecular weight excluding hydrogens is 386 g/mol. The molecular formula is C22H21N3OS2. The van der Waals surface area contributed by atoms with Gasteiger partial charge < -0.3 is 9.72 Å². The van der Waals surface area contributed by atoms with Crippen LogP contribution < -0.4 is 4.74 Å². The minimum Gasteiger partial charge on any atom is -0.497 e. The van der Waals surface area contributed by atoms with Crippen LogP contribution in [0.1, 0.15) is 12.6 Å². The molecule has 4 aromatic rings. The van der Waals surface area contributed by atoms with Gasteiger partial charge in [0.2, 0.25) is 5.78 Å². The zero-order chi connectivity index (χ0) is 19.7. The van der Waals surface area contributed by atoms with Gasteiger partial charge in [-0.05, 0) is 55.1 Å². The van der Waals surface area contributed by atoms with E-state index < -0.39 is 0 Å². The highest BCUT2D eigenvalue weighted by molar-refractivity contribution is 7.99. The minimum absolute atomic E-state index is 0.585. The van der Waals surface area contributed by atoms with Crippen LogP contribution in [-0.2, 0) is 0 Å². The van der Waals surface area contributed by atoms with Crippen molar-refractivity contribution in [1.29, 1.82) is 0 Å². The second-order valence-electron chi connectivity index (χ2n) is 6.43. The number of ether oxygens (including phenoxy) is 1. The van der Waals surface area contributed by atoms with E-state index in [4.69, 9.17) is 17.0 Å². The molecule has 0 bridgehead atoms. The lowest BCUT2D eigenvalue weighted by molar-refractivity contribution is 0.415. The number of aryl methyl sites for hydroxylation is 1. The molecule has 1 N–H and O–H groups in total. The van der Waals surface area contributed by atoms with E-state index in [9.17, 15) is 0 Å². The quantitative estimate of drug-likeness (QED) is 0.318. The summed E-state index contributed by atoms with van der Waals surface area (Å²) < 4.78 is 8.03. The van der Waals surface area contributed by atoms with Crippen LogP contribution in [-0.4, -0.2) is 27.2 Å². The summed E-state index contributed by atoms with van der Waals surface area (Å²) in [6.45, 7) is 4.22. The van der Waals surface area contributed by atoms with Crippen molar-refractivity contribution in [1.82, 2.24) is 14.4 Å². The zero-order valence-electron chi connectivity index (χ0n) is 16.0. The van der Waals surface area contributed by atoms with Gasteiger partial charge in [-0.15, -0.1) is 11.8 Å². The van der Waals surface area contributed by atoms with Gasteiger partial charge in [-0.2, -0.15) is 0 Å². The van der Waals surface area contributed by atoms with Gasteiger partial charge in [0, 0.05) is 21.7 Å². The fourth-order valence-corrected chi connectivity index (χ4v) is 4.28. The number of imidazole rings is 1. The fraction of sp³-hybridized carbons (Fsp3) is 0.182. The number of methoxy groups -OCH3 is 1. The average Bonchev–Trinajstić information content (AvgIpc) is 3.08. The summed E-state index contributed by atoms with van der Waals surface area (Å²) in [6.07, 6.45) is 0. The Hall–Kier alpha value is -2.57. The zero-order valence-corrected chi connectivity index (χ0v) is 17.7. The standard InChI is InChI=1S/C22H21N3OS2/c1-4-28-18-11-7-16(8-12-18)21-20(15-5-9-17(26-3)10-6-15)24-22-23-19(27)13-14(2)25(21)22/h5-13H,4H2,1-3H3,(H,23,24,27). The predicted molar refractivity (Wildman–Crippen MR) is 119 cm³/mol. The van der Waals surface area contributed by atoms with Crippen LogP contribution in [0.25, 0.3) is 28.3 Å². The van der Waals surface area contributed by atoms with Gasteiger partial charge in [0.05, 0.1) is 18.5 Å². The first-order chi connectivity index (χ1) is 13.6. The van der Waals surface area contributed by atoms with Crippen molar-refractivity contribution in [2.24, 2.45) is 0 Å². The maximum absolute atomic E-state index is 5.33. The number of fused-ring (bicyclic) bond motifs is 1. The number of aromatic amines is 1. The third-order valence-corrected chi connectivity index (χ3v) is 5.73. The Kier molecular flexibility index (Phi) is 5.24. The van der Waals surface area contributed by atoms with E-state index >= 15 is 0 Å². The molecule has 0 aliphatic rings. The van der Waals surface area contributed by atoms with Crippen LogP contribution in [0, 0.1) is 11.6 Å². The Labute approximate surface area is 173 Å². The lowest BCUT2D eigenvalue weighted by atomic mass is 10.0. The molecule has 4 nitrogen and oxygen atoms in total. The second kappa shape index (κ2) is 7.81. The molecule has 2 heterocycles. The van der Waals surface area contributed by atoms with Crippen molar-refractivity contribution in [2.45, 2.75) is 18.7 Å². The van der Waals surface area contributed by atoms with Crippen molar-refractivity contribution in [3.05, 3.63) is 64.9 Å². The molecule has 0 atom stereocenters. The summed E-state index contributed by atoms with van der Waals surface area (Å²) in [5.41, 5.74) is 5.33. The van der Waals surface area contributed by atoms with Crippen LogP contribution in [0.5, 0.6) is 5.75 Å². The Bertz CT molecular complexity index is 1180. The number of thioether (sulfide) groups is 1. The molecule has 0 radical (unpaired) electrons.